The van der Waals surface area contributed by atoms with Gasteiger partial charge in [0.05, 0.1) is 12.0 Å². The summed E-state index contributed by atoms with van der Waals surface area (Å²) in [5.41, 5.74) is -0.359. The van der Waals surface area contributed by atoms with Crippen molar-refractivity contribution in [1.29, 1.82) is 0 Å². The van der Waals surface area contributed by atoms with E-state index < -0.39 is 0 Å². The molecule has 0 aromatic heterocycles. The van der Waals surface area contributed by atoms with Crippen molar-refractivity contribution in [1.82, 2.24) is 10.2 Å². The molecule has 1 aliphatic heterocycles. The first-order valence-corrected chi connectivity index (χ1v) is 7.56. The van der Waals surface area contributed by atoms with Gasteiger partial charge in [-0.25, -0.2) is 0 Å². The normalized spacial score (nSPS) is 23.6. The van der Waals surface area contributed by atoms with Gasteiger partial charge in [0, 0.05) is 26.2 Å². The second kappa shape index (κ2) is 6.23. The van der Waals surface area contributed by atoms with Gasteiger partial charge < -0.3 is 15.0 Å². The Kier molecular flexibility index (Phi) is 4.85. The van der Waals surface area contributed by atoms with Crippen molar-refractivity contribution < 1.29 is 9.53 Å². The summed E-state index contributed by atoms with van der Waals surface area (Å²) in [4.78, 5) is 14.6. The van der Waals surface area contributed by atoms with Crippen molar-refractivity contribution in [2.24, 2.45) is 5.92 Å². The van der Waals surface area contributed by atoms with Crippen LogP contribution in [-0.2, 0) is 9.53 Å². The Morgan fingerprint density at radius 2 is 2.05 bits per heavy atom. The van der Waals surface area contributed by atoms with Crippen molar-refractivity contribution in [3.8, 4) is 0 Å². The van der Waals surface area contributed by atoms with Crippen molar-refractivity contribution in [2.75, 3.05) is 26.7 Å². The minimum Gasteiger partial charge on any atom is -0.378 e. The maximum Gasteiger partial charge on any atom is 0.225 e. The second-order valence-electron chi connectivity index (χ2n) is 6.68. The Morgan fingerprint density at radius 1 is 1.32 bits per heavy atom. The zero-order valence-electron chi connectivity index (χ0n) is 12.6. The molecule has 1 aliphatic carbocycles. The van der Waals surface area contributed by atoms with E-state index in [1.54, 1.807) is 7.11 Å². The predicted octanol–water partition coefficient (Wildman–Crippen LogP) is 1.79. The number of carbonyl (C=O) groups is 1. The average Bonchev–Trinajstić information content (AvgIpc) is 3.02. The smallest absolute Gasteiger partial charge is 0.225 e. The van der Waals surface area contributed by atoms with Gasteiger partial charge in [0.2, 0.25) is 5.91 Å². The van der Waals surface area contributed by atoms with Crippen molar-refractivity contribution >= 4 is 5.91 Å². The van der Waals surface area contributed by atoms with E-state index in [9.17, 15) is 4.79 Å². The topological polar surface area (TPSA) is 41.6 Å². The molecular weight excluding hydrogens is 240 g/mol. The van der Waals surface area contributed by atoms with Crippen LogP contribution in [0.3, 0.4) is 0 Å². The predicted molar refractivity (Wildman–Crippen MR) is 76.0 cm³/mol. The molecule has 1 saturated heterocycles. The third-order valence-electron chi connectivity index (χ3n) is 4.26. The number of methoxy groups -OCH3 is 1. The van der Waals surface area contributed by atoms with Gasteiger partial charge in [-0.15, -0.1) is 0 Å². The van der Waals surface area contributed by atoms with Crippen LogP contribution in [-0.4, -0.2) is 49.2 Å². The highest BCUT2D eigenvalue weighted by Gasteiger charge is 2.31. The Balaban J connectivity index is 1.89. The molecule has 1 saturated carbocycles. The molecule has 1 amide bonds. The highest BCUT2D eigenvalue weighted by Crippen LogP contribution is 2.30. The quantitative estimate of drug-likeness (QED) is 0.765. The van der Waals surface area contributed by atoms with E-state index in [-0.39, 0.29) is 11.5 Å². The molecule has 1 heterocycles. The zero-order valence-corrected chi connectivity index (χ0v) is 12.6. The lowest BCUT2D eigenvalue weighted by atomic mass is 10.0. The van der Waals surface area contributed by atoms with Crippen LogP contribution in [0.1, 0.15) is 46.0 Å². The number of carbonyl (C=O) groups excluding carboxylic acids is 1. The van der Waals surface area contributed by atoms with E-state index in [4.69, 9.17) is 4.74 Å². The summed E-state index contributed by atoms with van der Waals surface area (Å²) in [5, 5.41) is 3.49. The van der Waals surface area contributed by atoms with Crippen LogP contribution < -0.4 is 5.32 Å². The summed E-state index contributed by atoms with van der Waals surface area (Å²) in [6.45, 7) is 6.87. The van der Waals surface area contributed by atoms with Gasteiger partial charge in [0.15, 0.2) is 0 Å². The highest BCUT2D eigenvalue weighted by atomic mass is 16.5. The standard InChI is InChI=1S/C15H28N2O2/c1-15(2,19-3)9-14(18)17(10-12-6-7-12)11-13-5-4-8-16-13/h12-13,16H,4-11H2,1-3H3. The molecule has 0 bridgehead atoms. The lowest BCUT2D eigenvalue weighted by molar-refractivity contribution is -0.137. The minimum atomic E-state index is -0.359. The summed E-state index contributed by atoms with van der Waals surface area (Å²) in [5.74, 6) is 0.989. The molecule has 2 rings (SSSR count). The van der Waals surface area contributed by atoms with Crippen LogP contribution in [0.25, 0.3) is 0 Å². The lowest BCUT2D eigenvalue weighted by Crippen LogP contribution is -2.44. The van der Waals surface area contributed by atoms with Gasteiger partial charge in [-0.1, -0.05) is 0 Å². The maximum atomic E-state index is 12.5. The van der Waals surface area contributed by atoms with Crippen molar-refractivity contribution in [3.63, 3.8) is 0 Å². The largest absolute Gasteiger partial charge is 0.378 e. The van der Waals surface area contributed by atoms with Crippen LogP contribution in [0, 0.1) is 5.92 Å². The van der Waals surface area contributed by atoms with Gasteiger partial charge in [0.25, 0.3) is 0 Å². The van der Waals surface area contributed by atoms with Crippen LogP contribution in [0.5, 0.6) is 0 Å². The first kappa shape index (κ1) is 14.8. The molecule has 19 heavy (non-hydrogen) atoms. The van der Waals surface area contributed by atoms with E-state index >= 15 is 0 Å². The van der Waals surface area contributed by atoms with Gasteiger partial charge in [-0.05, 0) is 52.0 Å². The lowest BCUT2D eigenvalue weighted by Gasteiger charge is -2.30. The summed E-state index contributed by atoms with van der Waals surface area (Å²) >= 11 is 0. The molecule has 1 N–H and O–H groups in total. The van der Waals surface area contributed by atoms with Crippen LogP contribution in [0.2, 0.25) is 0 Å². The second-order valence-corrected chi connectivity index (χ2v) is 6.68. The molecule has 110 valence electrons. The Hall–Kier alpha value is -0.610. The molecule has 4 heteroatoms. The number of nitrogens with one attached hydrogen (secondary N) is 1. The fraction of sp³-hybridized carbons (Fsp3) is 0.933. The first-order valence-electron chi connectivity index (χ1n) is 7.56. The summed E-state index contributed by atoms with van der Waals surface area (Å²) < 4.78 is 5.39. The molecule has 0 aromatic rings. The molecule has 0 aromatic carbocycles. The van der Waals surface area contributed by atoms with Crippen molar-refractivity contribution in [2.45, 2.75) is 57.6 Å². The summed E-state index contributed by atoms with van der Waals surface area (Å²) in [7, 11) is 1.68. The number of nitrogens with zero attached hydrogens (tertiary/aromatic N) is 1. The van der Waals surface area contributed by atoms with Gasteiger partial charge in [-0.2, -0.15) is 0 Å². The van der Waals surface area contributed by atoms with E-state index in [1.807, 2.05) is 13.8 Å². The average molecular weight is 268 g/mol. The molecular formula is C15H28N2O2. The van der Waals surface area contributed by atoms with Gasteiger partial charge in [-0.3, -0.25) is 4.79 Å². The van der Waals surface area contributed by atoms with E-state index in [2.05, 4.69) is 10.2 Å². The molecule has 0 radical (unpaired) electrons. The number of hydrogen-bond donors (Lipinski definition) is 1. The van der Waals surface area contributed by atoms with Crippen LogP contribution >= 0.6 is 0 Å². The number of rotatable bonds is 7. The molecule has 2 fully saturated rings. The monoisotopic (exact) mass is 268 g/mol. The summed E-state index contributed by atoms with van der Waals surface area (Å²) in [6.07, 6.45) is 5.48. The van der Waals surface area contributed by atoms with Crippen LogP contribution in [0.4, 0.5) is 0 Å². The number of ether oxygens (including phenoxy) is 1. The third kappa shape index (κ3) is 4.77. The van der Waals surface area contributed by atoms with Crippen LogP contribution in [0.15, 0.2) is 0 Å². The first-order chi connectivity index (χ1) is 9.00. The fourth-order valence-electron chi connectivity index (χ4n) is 2.62. The fourth-order valence-corrected chi connectivity index (χ4v) is 2.62. The molecule has 0 spiro atoms. The number of amides is 1. The van der Waals surface area contributed by atoms with Gasteiger partial charge >= 0.3 is 0 Å². The Labute approximate surface area is 116 Å². The minimum absolute atomic E-state index is 0.243. The highest BCUT2D eigenvalue weighted by molar-refractivity contribution is 5.77. The molecule has 2 aliphatic rings. The Morgan fingerprint density at radius 3 is 2.58 bits per heavy atom. The Bertz CT molecular complexity index is 307. The molecule has 1 atom stereocenters. The zero-order chi connectivity index (χ0) is 13.9. The van der Waals surface area contributed by atoms with Crippen molar-refractivity contribution in [3.05, 3.63) is 0 Å². The van der Waals surface area contributed by atoms with E-state index in [1.165, 1.54) is 25.7 Å². The molecule has 4 nitrogen and oxygen atoms in total. The van der Waals surface area contributed by atoms with E-state index in [0.717, 1.165) is 25.6 Å². The SMILES string of the molecule is COC(C)(C)CC(=O)N(CC1CC1)CC1CCCN1. The summed E-state index contributed by atoms with van der Waals surface area (Å²) in [6, 6.07) is 0.494. The third-order valence-corrected chi connectivity index (χ3v) is 4.26. The number of hydrogen-bond acceptors (Lipinski definition) is 3. The van der Waals surface area contributed by atoms with E-state index in [0.29, 0.717) is 12.5 Å². The van der Waals surface area contributed by atoms with Gasteiger partial charge in [0.1, 0.15) is 0 Å². The molecule has 1 unspecified atom stereocenters. The maximum absolute atomic E-state index is 12.5.